The van der Waals surface area contributed by atoms with Gasteiger partial charge in [-0.25, -0.2) is 4.79 Å². The van der Waals surface area contributed by atoms with Crippen LogP contribution in [0.5, 0.6) is 0 Å². The van der Waals surface area contributed by atoms with Crippen LogP contribution in [-0.2, 0) is 9.47 Å². The number of carboxylic acid groups (broad SMARTS) is 1. The van der Waals surface area contributed by atoms with Crippen molar-refractivity contribution in [3.63, 3.8) is 0 Å². The van der Waals surface area contributed by atoms with Crippen LogP contribution >= 0.6 is 0 Å². The molecule has 0 aliphatic carbocycles. The zero-order valence-electron chi connectivity index (χ0n) is 8.07. The maximum absolute atomic E-state index is 10.7. The van der Waals surface area contributed by atoms with Gasteiger partial charge in [0.25, 0.3) is 0 Å². The minimum Gasteiger partial charge on any atom is -0.465 e. The average molecular weight is 201 g/mol. The summed E-state index contributed by atoms with van der Waals surface area (Å²) in [5.41, 5.74) is 0. The van der Waals surface area contributed by atoms with Crippen LogP contribution in [0.2, 0.25) is 0 Å². The van der Waals surface area contributed by atoms with E-state index in [4.69, 9.17) is 14.6 Å². The number of nitrogens with zero attached hydrogens (tertiary/aromatic N) is 1. The van der Waals surface area contributed by atoms with Crippen molar-refractivity contribution in [2.24, 2.45) is 0 Å². The predicted octanol–water partition coefficient (Wildman–Crippen LogP) is 0.893. The van der Waals surface area contributed by atoms with E-state index in [-0.39, 0.29) is 0 Å². The molecule has 80 valence electrons. The summed E-state index contributed by atoms with van der Waals surface area (Å²) in [6.45, 7) is 2.48. The summed E-state index contributed by atoms with van der Waals surface area (Å²) >= 11 is 0. The molecule has 2 aliphatic heterocycles. The van der Waals surface area contributed by atoms with Crippen LogP contribution in [0.1, 0.15) is 19.3 Å². The second-order valence-corrected chi connectivity index (χ2v) is 3.73. The van der Waals surface area contributed by atoms with Gasteiger partial charge in [0, 0.05) is 25.9 Å². The van der Waals surface area contributed by atoms with Gasteiger partial charge in [-0.1, -0.05) is 0 Å². The molecule has 1 spiro atoms. The fourth-order valence-electron chi connectivity index (χ4n) is 1.94. The monoisotopic (exact) mass is 201 g/mol. The topological polar surface area (TPSA) is 59.0 Å². The third-order valence-electron chi connectivity index (χ3n) is 2.81. The van der Waals surface area contributed by atoms with E-state index in [9.17, 15) is 4.79 Å². The fraction of sp³-hybridized carbons (Fsp3) is 0.889. The first-order valence-electron chi connectivity index (χ1n) is 4.98. The Bertz CT molecular complexity index is 215. The third-order valence-corrected chi connectivity index (χ3v) is 2.81. The molecule has 0 saturated carbocycles. The molecule has 0 aromatic rings. The predicted molar refractivity (Wildman–Crippen MR) is 48.1 cm³/mol. The van der Waals surface area contributed by atoms with Crippen LogP contribution < -0.4 is 0 Å². The Kier molecular flexibility index (Phi) is 2.60. The van der Waals surface area contributed by atoms with Gasteiger partial charge in [0.1, 0.15) is 0 Å². The number of hydrogen-bond donors (Lipinski definition) is 1. The lowest BCUT2D eigenvalue weighted by atomic mass is 10.0. The molecule has 0 unspecified atom stereocenters. The molecule has 2 heterocycles. The van der Waals surface area contributed by atoms with Gasteiger partial charge in [0.15, 0.2) is 5.79 Å². The number of rotatable bonds is 0. The molecule has 0 aromatic heterocycles. The maximum Gasteiger partial charge on any atom is 0.407 e. The molecule has 0 aromatic carbocycles. The zero-order valence-corrected chi connectivity index (χ0v) is 8.07. The van der Waals surface area contributed by atoms with Crippen LogP contribution in [0.3, 0.4) is 0 Å². The van der Waals surface area contributed by atoms with Crippen molar-refractivity contribution in [3.05, 3.63) is 0 Å². The van der Waals surface area contributed by atoms with Crippen LogP contribution in [0.15, 0.2) is 0 Å². The number of piperidine rings is 1. The number of carbonyl (C=O) groups is 1. The van der Waals surface area contributed by atoms with E-state index < -0.39 is 11.9 Å². The number of hydrogen-bond acceptors (Lipinski definition) is 3. The molecule has 1 N–H and O–H groups in total. The lowest BCUT2D eigenvalue weighted by Gasteiger charge is -2.42. The van der Waals surface area contributed by atoms with E-state index in [1.807, 2.05) is 0 Å². The molecule has 2 rings (SSSR count). The van der Waals surface area contributed by atoms with Gasteiger partial charge < -0.3 is 19.5 Å². The molecule has 14 heavy (non-hydrogen) atoms. The molecule has 2 saturated heterocycles. The van der Waals surface area contributed by atoms with Crippen molar-refractivity contribution in [1.82, 2.24) is 4.90 Å². The molecule has 5 heteroatoms. The summed E-state index contributed by atoms with van der Waals surface area (Å²) in [5.74, 6) is -0.482. The first kappa shape index (κ1) is 9.73. The molecule has 2 fully saturated rings. The second-order valence-electron chi connectivity index (χ2n) is 3.73. The molecule has 0 radical (unpaired) electrons. The van der Waals surface area contributed by atoms with Gasteiger partial charge in [-0.3, -0.25) is 0 Å². The van der Waals surface area contributed by atoms with Gasteiger partial charge in [0.2, 0.25) is 0 Å². The van der Waals surface area contributed by atoms with Crippen LogP contribution in [0.4, 0.5) is 4.79 Å². The summed E-state index contributed by atoms with van der Waals surface area (Å²) in [5, 5.41) is 8.77. The summed E-state index contributed by atoms with van der Waals surface area (Å²) < 4.78 is 11.2. The minimum absolute atomic E-state index is 0.482. The van der Waals surface area contributed by atoms with E-state index in [1.54, 1.807) is 0 Å². The van der Waals surface area contributed by atoms with Gasteiger partial charge in [-0.15, -0.1) is 0 Å². The Morgan fingerprint density at radius 3 is 2.29 bits per heavy atom. The molecule has 1 amide bonds. The summed E-state index contributed by atoms with van der Waals surface area (Å²) in [4.78, 5) is 12.1. The van der Waals surface area contributed by atoms with Crippen molar-refractivity contribution in [1.29, 1.82) is 0 Å². The van der Waals surface area contributed by atoms with Gasteiger partial charge >= 0.3 is 6.09 Å². The summed E-state index contributed by atoms with van der Waals surface area (Å²) in [7, 11) is 0. The fourth-order valence-corrected chi connectivity index (χ4v) is 1.94. The minimum atomic E-state index is -0.851. The van der Waals surface area contributed by atoms with Crippen molar-refractivity contribution in [2.45, 2.75) is 25.0 Å². The normalized spacial score (nSPS) is 26.4. The van der Waals surface area contributed by atoms with E-state index in [0.29, 0.717) is 25.9 Å². The highest BCUT2D eigenvalue weighted by molar-refractivity contribution is 5.65. The molecule has 0 bridgehead atoms. The van der Waals surface area contributed by atoms with Crippen molar-refractivity contribution in [2.75, 3.05) is 26.3 Å². The number of ether oxygens (including phenoxy) is 2. The summed E-state index contributed by atoms with van der Waals surface area (Å²) in [6.07, 6.45) is 1.39. The lowest BCUT2D eigenvalue weighted by Crippen LogP contribution is -2.51. The lowest BCUT2D eigenvalue weighted by molar-refractivity contribution is -0.282. The number of likely N-dealkylation sites (tertiary alicyclic amines) is 1. The SMILES string of the molecule is O=C(O)N1CCC2(CC1)OCCCO2. The van der Waals surface area contributed by atoms with Crippen molar-refractivity contribution >= 4 is 6.09 Å². The number of amides is 1. The van der Waals surface area contributed by atoms with Crippen LogP contribution in [0.25, 0.3) is 0 Å². The quantitative estimate of drug-likeness (QED) is 0.632. The van der Waals surface area contributed by atoms with Crippen LogP contribution in [-0.4, -0.2) is 48.2 Å². The van der Waals surface area contributed by atoms with E-state index in [2.05, 4.69) is 0 Å². The Morgan fingerprint density at radius 2 is 1.79 bits per heavy atom. The molecule has 5 nitrogen and oxygen atoms in total. The zero-order chi connectivity index (χ0) is 10.0. The highest BCUT2D eigenvalue weighted by Crippen LogP contribution is 2.30. The summed E-state index contributed by atoms with van der Waals surface area (Å²) in [6, 6.07) is 0. The first-order chi connectivity index (χ1) is 6.72. The maximum atomic E-state index is 10.7. The molecule has 0 atom stereocenters. The average Bonchev–Trinajstić information content (AvgIpc) is 2.19. The largest absolute Gasteiger partial charge is 0.465 e. The third kappa shape index (κ3) is 1.83. The Labute approximate surface area is 82.6 Å². The van der Waals surface area contributed by atoms with Gasteiger partial charge in [-0.05, 0) is 6.42 Å². The Balaban J connectivity index is 1.90. The van der Waals surface area contributed by atoms with E-state index in [1.165, 1.54) is 4.90 Å². The second kappa shape index (κ2) is 3.74. The van der Waals surface area contributed by atoms with Crippen molar-refractivity contribution in [3.8, 4) is 0 Å². The molecular formula is C9H15NO4. The first-order valence-corrected chi connectivity index (χ1v) is 4.98. The van der Waals surface area contributed by atoms with E-state index in [0.717, 1.165) is 19.6 Å². The Morgan fingerprint density at radius 1 is 1.21 bits per heavy atom. The highest BCUT2D eigenvalue weighted by Gasteiger charge is 2.39. The van der Waals surface area contributed by atoms with E-state index >= 15 is 0 Å². The smallest absolute Gasteiger partial charge is 0.407 e. The Hall–Kier alpha value is -0.810. The van der Waals surface area contributed by atoms with Gasteiger partial charge in [0.05, 0.1) is 13.2 Å². The van der Waals surface area contributed by atoms with Crippen molar-refractivity contribution < 1.29 is 19.4 Å². The highest BCUT2D eigenvalue weighted by atomic mass is 16.7. The van der Waals surface area contributed by atoms with Crippen LogP contribution in [0, 0.1) is 0 Å². The molecule has 2 aliphatic rings. The standard InChI is InChI=1S/C9H15NO4/c11-8(12)10-4-2-9(3-5-10)13-6-1-7-14-9/h1-7H2,(H,11,12). The van der Waals surface area contributed by atoms with Gasteiger partial charge in [-0.2, -0.15) is 0 Å². The molecular weight excluding hydrogens is 186 g/mol.